The fraction of sp³-hybridized carbons (Fsp3) is 0.480. The van der Waals surface area contributed by atoms with E-state index in [4.69, 9.17) is 14.2 Å². The van der Waals surface area contributed by atoms with E-state index >= 15 is 0 Å². The molecule has 0 atom stereocenters. The average molecular weight is 443 g/mol. The van der Waals surface area contributed by atoms with Crippen LogP contribution in [0.3, 0.4) is 0 Å². The molecular weight excluding hydrogens is 408 g/mol. The van der Waals surface area contributed by atoms with Gasteiger partial charge in [-0.25, -0.2) is 0 Å². The van der Waals surface area contributed by atoms with Crippen LogP contribution < -0.4 is 14.2 Å². The van der Waals surface area contributed by atoms with Gasteiger partial charge < -0.3 is 24.2 Å². The highest BCUT2D eigenvalue weighted by Gasteiger charge is 2.27. The number of hydrogen-bond acceptors (Lipinski definition) is 6. The van der Waals surface area contributed by atoms with Crippen molar-refractivity contribution in [3.05, 3.63) is 47.5 Å². The molecular formula is C25H34N2O5. The highest BCUT2D eigenvalue weighted by atomic mass is 16.5. The minimum Gasteiger partial charge on any atom is -0.504 e. The van der Waals surface area contributed by atoms with Crippen molar-refractivity contribution in [2.24, 2.45) is 5.92 Å². The Labute approximate surface area is 190 Å². The van der Waals surface area contributed by atoms with Crippen molar-refractivity contribution in [1.29, 1.82) is 0 Å². The fourth-order valence-corrected chi connectivity index (χ4v) is 4.19. The lowest BCUT2D eigenvalue weighted by molar-refractivity contribution is -0.135. The second-order valence-corrected chi connectivity index (χ2v) is 8.22. The first-order valence-corrected chi connectivity index (χ1v) is 11.0. The smallest absolute Gasteiger partial charge is 0.225 e. The molecule has 174 valence electrons. The first kappa shape index (κ1) is 23.7. The molecule has 7 nitrogen and oxygen atoms in total. The van der Waals surface area contributed by atoms with Gasteiger partial charge in [-0.3, -0.25) is 9.69 Å². The van der Waals surface area contributed by atoms with E-state index in [1.165, 1.54) is 0 Å². The number of carbonyl (C=O) groups is 1. The number of hydrogen-bond donors (Lipinski definition) is 1. The molecule has 1 aliphatic rings. The lowest BCUT2D eigenvalue weighted by Crippen LogP contribution is -2.41. The third kappa shape index (κ3) is 5.65. The molecule has 0 radical (unpaired) electrons. The normalized spacial score (nSPS) is 14.8. The lowest BCUT2D eigenvalue weighted by atomic mass is 9.94. The fourth-order valence-electron chi connectivity index (χ4n) is 4.19. The van der Waals surface area contributed by atoms with E-state index in [0.29, 0.717) is 30.3 Å². The summed E-state index contributed by atoms with van der Waals surface area (Å²) < 4.78 is 15.8. The number of rotatable bonds is 9. The first-order valence-electron chi connectivity index (χ1n) is 11.0. The van der Waals surface area contributed by atoms with Gasteiger partial charge in [0.2, 0.25) is 5.91 Å². The number of benzene rings is 2. The second kappa shape index (κ2) is 11.1. The molecule has 7 heteroatoms. The summed E-state index contributed by atoms with van der Waals surface area (Å²) >= 11 is 0. The Bertz CT molecular complexity index is 909. The van der Waals surface area contributed by atoms with Crippen LogP contribution in [0.2, 0.25) is 0 Å². The molecule has 0 saturated carbocycles. The molecule has 1 heterocycles. The summed E-state index contributed by atoms with van der Waals surface area (Å²) in [6.45, 7) is 2.97. The van der Waals surface area contributed by atoms with Crippen molar-refractivity contribution in [3.8, 4) is 23.0 Å². The van der Waals surface area contributed by atoms with E-state index in [-0.39, 0.29) is 17.6 Å². The predicted molar refractivity (Wildman–Crippen MR) is 124 cm³/mol. The number of piperidine rings is 1. The molecule has 2 aromatic rings. The van der Waals surface area contributed by atoms with Crippen LogP contribution >= 0.6 is 0 Å². The van der Waals surface area contributed by atoms with Crippen LogP contribution in [0.25, 0.3) is 0 Å². The number of para-hydroxylation sites is 1. The van der Waals surface area contributed by atoms with Crippen molar-refractivity contribution >= 4 is 5.91 Å². The minimum absolute atomic E-state index is 0.0422. The molecule has 2 aromatic carbocycles. The van der Waals surface area contributed by atoms with Crippen molar-refractivity contribution in [1.82, 2.24) is 9.80 Å². The molecule has 0 aliphatic carbocycles. The molecule has 1 saturated heterocycles. The lowest BCUT2D eigenvalue weighted by Gasteiger charge is -2.33. The van der Waals surface area contributed by atoms with Gasteiger partial charge in [-0.1, -0.05) is 18.2 Å². The molecule has 0 aromatic heterocycles. The maximum atomic E-state index is 13.0. The summed E-state index contributed by atoms with van der Waals surface area (Å²) in [5.74, 6) is 2.34. The van der Waals surface area contributed by atoms with Gasteiger partial charge in [-0.05, 0) is 56.1 Å². The summed E-state index contributed by atoms with van der Waals surface area (Å²) in [7, 11) is 6.68. The van der Waals surface area contributed by atoms with Crippen LogP contribution in [0.15, 0.2) is 36.4 Å². The van der Waals surface area contributed by atoms with Gasteiger partial charge in [0.1, 0.15) is 0 Å². The summed E-state index contributed by atoms with van der Waals surface area (Å²) in [6, 6.07) is 11.4. The zero-order chi connectivity index (χ0) is 23.1. The number of likely N-dealkylation sites (N-methyl/N-ethyl adjacent to an activating group) is 1. The molecule has 0 bridgehead atoms. The number of ether oxygens (including phenoxy) is 3. The number of methoxy groups -OCH3 is 3. The van der Waals surface area contributed by atoms with Crippen LogP contribution in [-0.4, -0.2) is 68.8 Å². The topological polar surface area (TPSA) is 71.5 Å². The Hall–Kier alpha value is -2.93. The van der Waals surface area contributed by atoms with Gasteiger partial charge >= 0.3 is 0 Å². The van der Waals surface area contributed by atoms with Gasteiger partial charge in [-0.15, -0.1) is 0 Å². The van der Waals surface area contributed by atoms with Crippen LogP contribution in [0.4, 0.5) is 0 Å². The van der Waals surface area contributed by atoms with Gasteiger partial charge in [0.05, 0.1) is 21.3 Å². The maximum absolute atomic E-state index is 13.0. The van der Waals surface area contributed by atoms with E-state index in [2.05, 4.69) is 4.90 Å². The van der Waals surface area contributed by atoms with Gasteiger partial charge in [0.15, 0.2) is 23.0 Å². The summed E-state index contributed by atoms with van der Waals surface area (Å²) in [5.41, 5.74) is 1.95. The molecule has 0 spiro atoms. The third-order valence-corrected chi connectivity index (χ3v) is 6.19. The molecule has 3 rings (SSSR count). The monoisotopic (exact) mass is 442 g/mol. The largest absolute Gasteiger partial charge is 0.504 e. The minimum atomic E-state index is 0.0422. The molecule has 1 fully saturated rings. The van der Waals surface area contributed by atoms with Gasteiger partial charge in [-0.2, -0.15) is 0 Å². The number of nitrogens with zero attached hydrogens (tertiary/aromatic N) is 2. The van der Waals surface area contributed by atoms with Crippen LogP contribution in [0, 0.1) is 5.92 Å². The summed E-state index contributed by atoms with van der Waals surface area (Å²) in [5, 5.41) is 10.3. The Balaban J connectivity index is 1.48. The number of phenolic OH excluding ortho intramolecular Hbond substituents is 1. The quantitative estimate of drug-likeness (QED) is 0.642. The Morgan fingerprint density at radius 1 is 1.03 bits per heavy atom. The zero-order valence-electron chi connectivity index (χ0n) is 19.5. The number of phenols is 1. The Morgan fingerprint density at radius 2 is 1.72 bits per heavy atom. The van der Waals surface area contributed by atoms with E-state index < -0.39 is 0 Å². The van der Waals surface area contributed by atoms with Crippen LogP contribution in [-0.2, 0) is 17.8 Å². The van der Waals surface area contributed by atoms with Crippen molar-refractivity contribution in [3.63, 3.8) is 0 Å². The van der Waals surface area contributed by atoms with Crippen LogP contribution in [0.1, 0.15) is 24.0 Å². The Kier molecular flexibility index (Phi) is 8.22. The summed E-state index contributed by atoms with van der Waals surface area (Å²) in [4.78, 5) is 17.1. The third-order valence-electron chi connectivity index (χ3n) is 6.19. The maximum Gasteiger partial charge on any atom is 0.225 e. The zero-order valence-corrected chi connectivity index (χ0v) is 19.5. The standard InChI is InChI=1S/C25H34N2O5/c1-26(13-10-18-8-9-21(30-2)23(16-18)32-4)25(29)19-11-14-27(15-12-19)17-20-6-5-7-22(31-3)24(20)28/h5-9,16,19,28H,10-15,17H2,1-4H3. The van der Waals surface area contributed by atoms with E-state index in [9.17, 15) is 9.90 Å². The highest BCUT2D eigenvalue weighted by Crippen LogP contribution is 2.31. The van der Waals surface area contributed by atoms with E-state index in [1.54, 1.807) is 27.4 Å². The number of carbonyl (C=O) groups excluding carboxylic acids is 1. The van der Waals surface area contributed by atoms with Crippen molar-refractivity contribution < 1.29 is 24.1 Å². The summed E-state index contributed by atoms with van der Waals surface area (Å²) in [6.07, 6.45) is 2.41. The first-order chi connectivity index (χ1) is 15.5. The highest BCUT2D eigenvalue weighted by molar-refractivity contribution is 5.78. The van der Waals surface area contributed by atoms with Gasteiger partial charge in [0.25, 0.3) is 0 Å². The second-order valence-electron chi connectivity index (χ2n) is 8.22. The number of likely N-dealkylation sites (tertiary alicyclic amines) is 1. The van der Waals surface area contributed by atoms with E-state index in [1.807, 2.05) is 42.3 Å². The molecule has 1 N–H and O–H groups in total. The number of aromatic hydroxyl groups is 1. The SMILES string of the molecule is COc1ccc(CCN(C)C(=O)C2CCN(Cc3cccc(OC)c3O)CC2)cc1OC. The predicted octanol–water partition coefficient (Wildman–Crippen LogP) is 3.33. The average Bonchev–Trinajstić information content (AvgIpc) is 2.83. The number of amides is 1. The molecule has 32 heavy (non-hydrogen) atoms. The van der Waals surface area contributed by atoms with Gasteiger partial charge in [0, 0.05) is 31.6 Å². The van der Waals surface area contributed by atoms with E-state index in [0.717, 1.165) is 43.5 Å². The molecule has 1 aliphatic heterocycles. The van der Waals surface area contributed by atoms with Crippen LogP contribution in [0.5, 0.6) is 23.0 Å². The molecule has 1 amide bonds. The van der Waals surface area contributed by atoms with Crippen molar-refractivity contribution in [2.45, 2.75) is 25.8 Å². The Morgan fingerprint density at radius 3 is 2.38 bits per heavy atom. The molecule has 0 unspecified atom stereocenters. The van der Waals surface area contributed by atoms with Crippen molar-refractivity contribution in [2.75, 3.05) is 48.0 Å².